The van der Waals surface area contributed by atoms with Crippen molar-refractivity contribution in [2.75, 3.05) is 13.1 Å². The molecule has 1 aliphatic rings. The van der Waals surface area contributed by atoms with E-state index >= 15 is 0 Å². The Kier molecular flexibility index (Phi) is 7.89. The number of carbonyl (C=O) groups excluding carboxylic acids is 1. The lowest BCUT2D eigenvalue weighted by atomic mass is 9.93. The first-order valence-corrected chi connectivity index (χ1v) is 12.7. The van der Waals surface area contributed by atoms with E-state index in [1.807, 2.05) is 61.5 Å². The summed E-state index contributed by atoms with van der Waals surface area (Å²) in [5.41, 5.74) is 2.93. The molecule has 0 unspecified atom stereocenters. The first kappa shape index (κ1) is 23.5. The molecule has 0 radical (unpaired) electrons. The summed E-state index contributed by atoms with van der Waals surface area (Å²) >= 11 is 0. The second-order valence-corrected chi connectivity index (χ2v) is 10.9. The van der Waals surface area contributed by atoms with Crippen molar-refractivity contribution >= 4 is 15.9 Å². The molecule has 168 valence electrons. The Morgan fingerprint density at radius 3 is 2.26 bits per heavy atom. The molecule has 3 rings (SSSR count). The Morgan fingerprint density at radius 1 is 1.03 bits per heavy atom. The summed E-state index contributed by atoms with van der Waals surface area (Å²) in [6, 6.07) is 17.6. The van der Waals surface area contributed by atoms with Crippen LogP contribution in [0.4, 0.5) is 0 Å². The minimum Gasteiger partial charge on any atom is -0.349 e. The summed E-state index contributed by atoms with van der Waals surface area (Å²) in [5, 5.41) is 3.23. The molecule has 0 aromatic heterocycles. The van der Waals surface area contributed by atoms with Gasteiger partial charge in [0.2, 0.25) is 15.9 Å². The molecule has 1 fully saturated rings. The highest BCUT2D eigenvalue weighted by Crippen LogP contribution is 2.26. The summed E-state index contributed by atoms with van der Waals surface area (Å²) in [7, 11) is -3.39. The van der Waals surface area contributed by atoms with Gasteiger partial charge in [-0.1, -0.05) is 68.4 Å². The van der Waals surface area contributed by atoms with Gasteiger partial charge in [0.25, 0.3) is 0 Å². The van der Waals surface area contributed by atoms with Crippen LogP contribution in [0.15, 0.2) is 54.6 Å². The maximum Gasteiger partial charge on any atom is 0.223 e. The molecule has 2 aromatic rings. The Labute approximate surface area is 186 Å². The molecule has 0 spiro atoms. The van der Waals surface area contributed by atoms with E-state index in [1.54, 1.807) is 4.31 Å². The van der Waals surface area contributed by atoms with Crippen LogP contribution in [-0.2, 0) is 20.6 Å². The van der Waals surface area contributed by atoms with Gasteiger partial charge in [-0.25, -0.2) is 12.7 Å². The van der Waals surface area contributed by atoms with E-state index in [4.69, 9.17) is 0 Å². The fourth-order valence-corrected chi connectivity index (χ4v) is 5.85. The monoisotopic (exact) mass is 442 g/mol. The number of aryl methyl sites for hydroxylation is 1. The standard InChI is InChI=1S/C25H34N2O3S/c1-19(2)17-24(21-10-5-4-6-11-21)26-25(28)22-13-15-27(16-14-22)31(29,30)18-23-12-8-7-9-20(23)3/h4-12,19,22,24H,13-18H2,1-3H3,(H,26,28)/t24-/m1/s1. The van der Waals surface area contributed by atoms with Gasteiger partial charge in [0, 0.05) is 19.0 Å². The molecular weight excluding hydrogens is 408 g/mol. The maximum atomic E-state index is 13.0. The molecule has 1 amide bonds. The van der Waals surface area contributed by atoms with Gasteiger partial charge in [-0.3, -0.25) is 4.79 Å². The molecule has 1 atom stereocenters. The van der Waals surface area contributed by atoms with Gasteiger partial charge in [-0.05, 0) is 48.8 Å². The zero-order valence-corrected chi connectivity index (χ0v) is 19.6. The smallest absolute Gasteiger partial charge is 0.223 e. The van der Waals surface area contributed by atoms with Gasteiger partial charge in [0.05, 0.1) is 11.8 Å². The molecule has 6 heteroatoms. The lowest BCUT2D eigenvalue weighted by Crippen LogP contribution is -2.44. The topological polar surface area (TPSA) is 66.5 Å². The van der Waals surface area contributed by atoms with Crippen LogP contribution in [0.2, 0.25) is 0 Å². The maximum absolute atomic E-state index is 13.0. The van der Waals surface area contributed by atoms with Crippen LogP contribution in [0, 0.1) is 18.8 Å². The molecule has 1 aliphatic heterocycles. The highest BCUT2D eigenvalue weighted by Gasteiger charge is 2.32. The first-order valence-electron chi connectivity index (χ1n) is 11.1. The van der Waals surface area contributed by atoms with E-state index in [1.165, 1.54) is 0 Å². The largest absolute Gasteiger partial charge is 0.349 e. The number of carbonyl (C=O) groups is 1. The lowest BCUT2D eigenvalue weighted by Gasteiger charge is -2.32. The molecule has 0 aliphatic carbocycles. The van der Waals surface area contributed by atoms with Gasteiger partial charge < -0.3 is 5.32 Å². The second kappa shape index (κ2) is 10.4. The molecule has 0 saturated carbocycles. The Bertz CT molecular complexity index is 965. The molecular formula is C25H34N2O3S. The van der Waals surface area contributed by atoms with Crippen LogP contribution in [0.3, 0.4) is 0 Å². The molecule has 1 heterocycles. The average Bonchev–Trinajstić information content (AvgIpc) is 2.75. The lowest BCUT2D eigenvalue weighted by molar-refractivity contribution is -0.127. The molecule has 0 bridgehead atoms. The van der Waals surface area contributed by atoms with Crippen molar-refractivity contribution in [3.05, 3.63) is 71.3 Å². The molecule has 1 N–H and O–H groups in total. The molecule has 2 aromatic carbocycles. The van der Waals surface area contributed by atoms with Crippen molar-refractivity contribution in [1.29, 1.82) is 0 Å². The summed E-state index contributed by atoms with van der Waals surface area (Å²) in [4.78, 5) is 13.0. The van der Waals surface area contributed by atoms with Crippen molar-refractivity contribution in [1.82, 2.24) is 9.62 Å². The normalized spacial score (nSPS) is 16.9. The van der Waals surface area contributed by atoms with Crippen LogP contribution < -0.4 is 5.32 Å². The second-order valence-electron chi connectivity index (χ2n) is 8.96. The zero-order valence-electron chi connectivity index (χ0n) is 18.8. The van der Waals surface area contributed by atoms with Gasteiger partial charge >= 0.3 is 0 Å². The van der Waals surface area contributed by atoms with E-state index in [2.05, 4.69) is 19.2 Å². The Morgan fingerprint density at radius 2 is 1.65 bits per heavy atom. The molecule has 1 saturated heterocycles. The number of rotatable bonds is 8. The number of sulfonamides is 1. The summed E-state index contributed by atoms with van der Waals surface area (Å²) in [5.74, 6) is 0.355. The van der Waals surface area contributed by atoms with E-state index in [0.29, 0.717) is 31.8 Å². The van der Waals surface area contributed by atoms with E-state index in [0.717, 1.165) is 23.1 Å². The SMILES string of the molecule is Cc1ccccc1CS(=O)(=O)N1CCC(C(=O)N[C@H](CC(C)C)c2ccccc2)CC1. The van der Waals surface area contributed by atoms with Gasteiger partial charge in [-0.15, -0.1) is 0 Å². The van der Waals surface area contributed by atoms with Crippen LogP contribution >= 0.6 is 0 Å². The van der Waals surface area contributed by atoms with E-state index in [9.17, 15) is 13.2 Å². The predicted octanol–water partition coefficient (Wildman–Crippen LogP) is 4.44. The van der Waals surface area contributed by atoms with Crippen LogP contribution in [-0.4, -0.2) is 31.7 Å². The number of piperidine rings is 1. The van der Waals surface area contributed by atoms with Crippen molar-refractivity contribution in [2.24, 2.45) is 11.8 Å². The number of nitrogens with one attached hydrogen (secondary N) is 1. The summed E-state index contributed by atoms with van der Waals surface area (Å²) in [6.07, 6.45) is 1.99. The quantitative estimate of drug-likeness (QED) is 0.657. The minimum absolute atomic E-state index is 0.0149. The Hall–Kier alpha value is -2.18. The Balaban J connectivity index is 1.59. The molecule has 31 heavy (non-hydrogen) atoms. The number of hydrogen-bond acceptors (Lipinski definition) is 3. The van der Waals surface area contributed by atoms with Gasteiger partial charge in [0.1, 0.15) is 0 Å². The van der Waals surface area contributed by atoms with E-state index < -0.39 is 10.0 Å². The number of nitrogens with zero attached hydrogens (tertiary/aromatic N) is 1. The van der Waals surface area contributed by atoms with Crippen molar-refractivity contribution in [3.63, 3.8) is 0 Å². The van der Waals surface area contributed by atoms with Crippen LogP contribution in [0.25, 0.3) is 0 Å². The summed E-state index contributed by atoms with van der Waals surface area (Å²) in [6.45, 7) is 7.03. The van der Waals surface area contributed by atoms with Crippen LogP contribution in [0.5, 0.6) is 0 Å². The zero-order chi connectivity index (χ0) is 22.4. The first-order chi connectivity index (χ1) is 14.8. The van der Waals surface area contributed by atoms with Crippen molar-refractivity contribution in [2.45, 2.75) is 51.8 Å². The van der Waals surface area contributed by atoms with E-state index in [-0.39, 0.29) is 23.6 Å². The summed E-state index contributed by atoms with van der Waals surface area (Å²) < 4.78 is 27.3. The van der Waals surface area contributed by atoms with Crippen LogP contribution in [0.1, 0.15) is 55.8 Å². The fourth-order valence-electron chi connectivity index (χ4n) is 4.18. The minimum atomic E-state index is -3.39. The van der Waals surface area contributed by atoms with Gasteiger partial charge in [0.15, 0.2) is 0 Å². The third kappa shape index (κ3) is 6.40. The third-order valence-corrected chi connectivity index (χ3v) is 7.87. The highest BCUT2D eigenvalue weighted by molar-refractivity contribution is 7.88. The highest BCUT2D eigenvalue weighted by atomic mass is 32.2. The third-order valence-electron chi connectivity index (χ3n) is 6.04. The number of hydrogen-bond donors (Lipinski definition) is 1. The van der Waals surface area contributed by atoms with Gasteiger partial charge in [-0.2, -0.15) is 0 Å². The van der Waals surface area contributed by atoms with Crippen molar-refractivity contribution < 1.29 is 13.2 Å². The number of benzene rings is 2. The average molecular weight is 443 g/mol. The predicted molar refractivity (Wildman–Crippen MR) is 125 cm³/mol. The van der Waals surface area contributed by atoms with Crippen molar-refractivity contribution in [3.8, 4) is 0 Å². The number of amides is 1. The fraction of sp³-hybridized carbons (Fsp3) is 0.480. The molecule has 5 nitrogen and oxygen atoms in total.